The van der Waals surface area contributed by atoms with Crippen LogP contribution >= 0.6 is 0 Å². The fraction of sp³-hybridized carbons (Fsp3) is 0.565. The molecule has 1 aliphatic heterocycles. The maximum Gasteiger partial charge on any atom is 0.336 e. The normalized spacial score (nSPS) is 18.6. The molecular formula is C23H33N2O4+. The first-order valence-corrected chi connectivity index (χ1v) is 10.3. The van der Waals surface area contributed by atoms with Crippen molar-refractivity contribution in [1.29, 1.82) is 0 Å². The van der Waals surface area contributed by atoms with E-state index in [0.29, 0.717) is 17.8 Å². The number of quaternary nitrogens is 1. The molecule has 0 radical (unpaired) electrons. The number of fused-ring (bicyclic) bond motifs is 1. The van der Waals surface area contributed by atoms with Gasteiger partial charge in [0.2, 0.25) is 0 Å². The Kier molecular flexibility index (Phi) is 5.77. The Morgan fingerprint density at radius 3 is 2.48 bits per heavy atom. The van der Waals surface area contributed by atoms with E-state index in [9.17, 15) is 9.59 Å². The molecule has 1 aromatic heterocycles. The fourth-order valence-electron chi connectivity index (χ4n) is 4.90. The third kappa shape index (κ3) is 5.18. The van der Waals surface area contributed by atoms with Gasteiger partial charge in [-0.15, -0.1) is 0 Å². The second-order valence-electron chi connectivity index (χ2n) is 9.66. The van der Waals surface area contributed by atoms with Crippen molar-refractivity contribution in [2.75, 3.05) is 6.61 Å². The summed E-state index contributed by atoms with van der Waals surface area (Å²) < 4.78 is 11.3. The van der Waals surface area contributed by atoms with Gasteiger partial charge < -0.3 is 19.8 Å². The van der Waals surface area contributed by atoms with Crippen LogP contribution in [0.2, 0.25) is 0 Å². The van der Waals surface area contributed by atoms with Crippen LogP contribution in [-0.4, -0.2) is 29.6 Å². The minimum absolute atomic E-state index is 0.0676. The van der Waals surface area contributed by atoms with Gasteiger partial charge in [-0.3, -0.25) is 4.79 Å². The standard InChI is InChI=1S/C23H32N2O4/c1-7-15-10-20(27)29-18-9-14(2)8-17(21(15)18)28-13-19(26)24-16-11-22(3,4)25-23(5,6)12-16/h8-10,16,25H,7,11-13H2,1-6H3,(H,24,26)/p+1. The summed E-state index contributed by atoms with van der Waals surface area (Å²) in [6.07, 6.45) is 2.51. The lowest BCUT2D eigenvalue weighted by molar-refractivity contribution is -0.787. The molecule has 1 fully saturated rings. The molecule has 2 aromatic rings. The van der Waals surface area contributed by atoms with Crippen LogP contribution in [-0.2, 0) is 11.2 Å². The van der Waals surface area contributed by atoms with Crippen molar-refractivity contribution in [3.05, 3.63) is 39.7 Å². The van der Waals surface area contributed by atoms with Crippen LogP contribution in [0.4, 0.5) is 0 Å². The van der Waals surface area contributed by atoms with Crippen LogP contribution in [0.25, 0.3) is 11.0 Å². The number of carbonyl (C=O) groups is 1. The minimum atomic E-state index is -0.372. The number of amides is 1. The van der Waals surface area contributed by atoms with Gasteiger partial charge in [0, 0.05) is 24.9 Å². The molecule has 6 heteroatoms. The summed E-state index contributed by atoms with van der Waals surface area (Å²) in [6, 6.07) is 5.33. The molecule has 2 heterocycles. The zero-order valence-corrected chi connectivity index (χ0v) is 18.3. The van der Waals surface area contributed by atoms with E-state index >= 15 is 0 Å². The highest BCUT2D eigenvalue weighted by Gasteiger charge is 2.42. The van der Waals surface area contributed by atoms with Crippen molar-refractivity contribution >= 4 is 16.9 Å². The van der Waals surface area contributed by atoms with Gasteiger partial charge in [-0.05, 0) is 64.3 Å². The molecule has 29 heavy (non-hydrogen) atoms. The predicted octanol–water partition coefficient (Wildman–Crippen LogP) is 2.44. The van der Waals surface area contributed by atoms with Crippen LogP contribution in [0.5, 0.6) is 5.75 Å². The molecule has 0 spiro atoms. The highest BCUT2D eigenvalue weighted by atomic mass is 16.5. The van der Waals surface area contributed by atoms with Crippen LogP contribution in [0, 0.1) is 6.92 Å². The summed E-state index contributed by atoms with van der Waals surface area (Å²) in [5.74, 6) is 0.446. The van der Waals surface area contributed by atoms with Crippen LogP contribution in [0.15, 0.2) is 27.4 Å². The van der Waals surface area contributed by atoms with E-state index in [2.05, 4.69) is 38.3 Å². The van der Waals surface area contributed by atoms with E-state index in [0.717, 1.165) is 29.4 Å². The van der Waals surface area contributed by atoms with E-state index in [-0.39, 0.29) is 35.3 Å². The molecule has 6 nitrogen and oxygen atoms in total. The molecule has 0 aliphatic carbocycles. The summed E-state index contributed by atoms with van der Waals surface area (Å²) >= 11 is 0. The molecule has 1 amide bonds. The average molecular weight is 402 g/mol. The van der Waals surface area contributed by atoms with Crippen molar-refractivity contribution < 1.29 is 19.3 Å². The quantitative estimate of drug-likeness (QED) is 0.754. The van der Waals surface area contributed by atoms with Gasteiger partial charge in [-0.25, -0.2) is 4.79 Å². The van der Waals surface area contributed by atoms with Crippen molar-refractivity contribution in [2.24, 2.45) is 0 Å². The smallest absolute Gasteiger partial charge is 0.336 e. The summed E-state index contributed by atoms with van der Waals surface area (Å²) in [7, 11) is 0. The molecule has 0 unspecified atom stereocenters. The van der Waals surface area contributed by atoms with Crippen molar-refractivity contribution in [1.82, 2.24) is 5.32 Å². The van der Waals surface area contributed by atoms with E-state index in [1.165, 1.54) is 6.07 Å². The number of aryl methyl sites for hydroxylation is 2. The van der Waals surface area contributed by atoms with Gasteiger partial charge in [0.1, 0.15) is 11.3 Å². The molecule has 0 saturated carbocycles. The Morgan fingerprint density at radius 2 is 1.86 bits per heavy atom. The first-order valence-electron chi connectivity index (χ1n) is 10.3. The van der Waals surface area contributed by atoms with Crippen molar-refractivity contribution in [3.8, 4) is 5.75 Å². The monoisotopic (exact) mass is 401 g/mol. The number of hydrogen-bond acceptors (Lipinski definition) is 4. The summed E-state index contributed by atoms with van der Waals surface area (Å²) in [5.41, 5.74) is 2.06. The zero-order valence-electron chi connectivity index (χ0n) is 18.3. The molecule has 0 bridgehead atoms. The number of benzene rings is 1. The Balaban J connectivity index is 1.75. The first kappa shape index (κ1) is 21.4. The topological polar surface area (TPSA) is 85.1 Å². The predicted molar refractivity (Wildman–Crippen MR) is 113 cm³/mol. The second kappa shape index (κ2) is 7.82. The van der Waals surface area contributed by atoms with E-state index in [1.54, 1.807) is 0 Å². The van der Waals surface area contributed by atoms with Crippen LogP contribution < -0.4 is 21.0 Å². The molecule has 3 rings (SSSR count). The van der Waals surface area contributed by atoms with Gasteiger partial charge in [-0.1, -0.05) is 6.92 Å². The van der Waals surface area contributed by atoms with E-state index in [1.807, 2.05) is 26.0 Å². The first-order chi connectivity index (χ1) is 13.5. The molecule has 1 saturated heterocycles. The number of piperidine rings is 1. The number of nitrogens with two attached hydrogens (primary N) is 1. The highest BCUT2D eigenvalue weighted by Crippen LogP contribution is 2.30. The second-order valence-corrected chi connectivity index (χ2v) is 9.66. The zero-order chi connectivity index (χ0) is 21.4. The lowest BCUT2D eigenvalue weighted by Crippen LogP contribution is -3.06. The Hall–Kier alpha value is -2.34. The number of nitrogens with one attached hydrogen (secondary N) is 1. The largest absolute Gasteiger partial charge is 0.483 e. The van der Waals surface area contributed by atoms with Gasteiger partial charge in [0.15, 0.2) is 6.61 Å². The van der Waals surface area contributed by atoms with E-state index < -0.39 is 0 Å². The minimum Gasteiger partial charge on any atom is -0.483 e. The lowest BCUT2D eigenvalue weighted by atomic mass is 9.79. The van der Waals surface area contributed by atoms with E-state index in [4.69, 9.17) is 9.15 Å². The third-order valence-electron chi connectivity index (χ3n) is 5.47. The number of rotatable bonds is 5. The summed E-state index contributed by atoms with van der Waals surface area (Å²) in [5, 5.41) is 6.29. The maximum atomic E-state index is 12.6. The molecule has 3 N–H and O–H groups in total. The number of hydrogen-bond donors (Lipinski definition) is 2. The number of carbonyl (C=O) groups excluding carboxylic acids is 1. The number of ether oxygens (including phenoxy) is 1. The SMILES string of the molecule is CCc1cc(=O)oc2cc(C)cc(OCC(=O)NC3CC(C)(C)[NH2+]C(C)(C)C3)c12. The maximum absolute atomic E-state index is 12.6. The van der Waals surface area contributed by atoms with Crippen LogP contribution in [0.3, 0.4) is 0 Å². The van der Waals surface area contributed by atoms with Crippen molar-refractivity contribution in [2.45, 2.75) is 77.9 Å². The van der Waals surface area contributed by atoms with Crippen molar-refractivity contribution in [3.63, 3.8) is 0 Å². The Morgan fingerprint density at radius 1 is 1.21 bits per heavy atom. The molecule has 158 valence electrons. The van der Waals surface area contributed by atoms with Gasteiger partial charge in [0.05, 0.1) is 16.5 Å². The molecule has 1 aromatic carbocycles. The van der Waals surface area contributed by atoms with Crippen LogP contribution in [0.1, 0.15) is 58.6 Å². The third-order valence-corrected chi connectivity index (χ3v) is 5.47. The Bertz CT molecular complexity index is 959. The van der Waals surface area contributed by atoms with Gasteiger partial charge in [0.25, 0.3) is 5.91 Å². The fourth-order valence-corrected chi connectivity index (χ4v) is 4.90. The Labute approximate surface area is 172 Å². The van der Waals surface area contributed by atoms with Gasteiger partial charge in [-0.2, -0.15) is 0 Å². The highest BCUT2D eigenvalue weighted by molar-refractivity contribution is 5.88. The van der Waals surface area contributed by atoms with Gasteiger partial charge >= 0.3 is 5.63 Å². The lowest BCUT2D eigenvalue weighted by Gasteiger charge is -2.43. The molecule has 0 atom stereocenters. The average Bonchev–Trinajstić information content (AvgIpc) is 2.55. The summed E-state index contributed by atoms with van der Waals surface area (Å²) in [4.78, 5) is 24.4. The molecular weight excluding hydrogens is 368 g/mol. The summed E-state index contributed by atoms with van der Waals surface area (Å²) in [6.45, 7) is 12.7. The molecule has 1 aliphatic rings.